The summed E-state index contributed by atoms with van der Waals surface area (Å²) >= 11 is -4.97. The van der Waals surface area contributed by atoms with Crippen molar-refractivity contribution >= 4 is 56.2 Å². The summed E-state index contributed by atoms with van der Waals surface area (Å²) < 4.78 is 0.138. The standard InChI is InChI=1S/2C23H21.C2H6Si.2ClH.Zr/c2*1-3-7-17-14-19-11-6-12-20(22(19)15-17)21-13-5-10-18-9-4-8-16(2)23(18)21;1-3-2;;;/h2*4-6,8-15H,3,7H2,1-2H3;1-2H3;2*1H;/q;;;;;+2/p-2. The Kier molecular flexibility index (Phi) is 9.48. The van der Waals surface area contributed by atoms with Crippen LogP contribution in [0.4, 0.5) is 0 Å². The molecule has 4 heteroatoms. The maximum absolute atomic E-state index is 8.83. The van der Waals surface area contributed by atoms with Crippen LogP contribution >= 0.6 is 17.0 Å². The molecule has 262 valence electrons. The van der Waals surface area contributed by atoms with Gasteiger partial charge in [0.1, 0.15) is 0 Å². The Morgan fingerprint density at radius 2 is 0.885 bits per heavy atom. The van der Waals surface area contributed by atoms with Gasteiger partial charge in [0.15, 0.2) is 0 Å². The predicted octanol–water partition coefficient (Wildman–Crippen LogP) is 15.4. The van der Waals surface area contributed by atoms with Crippen molar-refractivity contribution < 1.29 is 15.0 Å². The van der Waals surface area contributed by atoms with Crippen LogP contribution in [0.2, 0.25) is 13.1 Å². The fourth-order valence-corrected chi connectivity index (χ4v) is 39.0. The van der Waals surface area contributed by atoms with Crippen molar-refractivity contribution in [3.63, 3.8) is 0 Å². The molecule has 0 heterocycles. The van der Waals surface area contributed by atoms with Crippen molar-refractivity contribution in [2.45, 2.75) is 73.7 Å². The van der Waals surface area contributed by atoms with Gasteiger partial charge in [-0.25, -0.2) is 0 Å². The van der Waals surface area contributed by atoms with Crippen LogP contribution in [0, 0.1) is 13.8 Å². The number of fused-ring (bicyclic) bond motifs is 4. The van der Waals surface area contributed by atoms with Crippen LogP contribution in [0.5, 0.6) is 0 Å². The summed E-state index contributed by atoms with van der Waals surface area (Å²) in [7, 11) is 17.7. The molecule has 0 aliphatic heterocycles. The minimum absolute atomic E-state index is 0.0688. The van der Waals surface area contributed by atoms with Gasteiger partial charge in [-0.3, -0.25) is 0 Å². The van der Waals surface area contributed by atoms with Crippen LogP contribution in [0.15, 0.2) is 120 Å². The second-order valence-electron chi connectivity index (χ2n) is 15.5. The van der Waals surface area contributed by atoms with Gasteiger partial charge in [-0.2, -0.15) is 0 Å². The molecule has 0 saturated carbocycles. The Morgan fingerprint density at radius 1 is 0.519 bits per heavy atom. The van der Waals surface area contributed by atoms with E-state index in [-0.39, 0.29) is 7.25 Å². The van der Waals surface area contributed by atoms with Gasteiger partial charge in [-0.05, 0) is 0 Å². The van der Waals surface area contributed by atoms with Crippen molar-refractivity contribution in [1.29, 1.82) is 0 Å². The molecule has 0 fully saturated rings. The third-order valence-corrected chi connectivity index (χ3v) is 58.8. The molecule has 0 saturated heterocycles. The van der Waals surface area contributed by atoms with Crippen molar-refractivity contribution in [1.82, 2.24) is 0 Å². The van der Waals surface area contributed by atoms with Crippen LogP contribution in [0.3, 0.4) is 0 Å². The second kappa shape index (κ2) is 13.7. The summed E-state index contributed by atoms with van der Waals surface area (Å²) in [5.74, 6) is 0. The molecular weight excluding hydrogens is 767 g/mol. The van der Waals surface area contributed by atoms with E-state index in [2.05, 4.69) is 162 Å². The Labute approximate surface area is 318 Å². The number of allylic oxidation sites excluding steroid dienone is 2. The van der Waals surface area contributed by atoms with Crippen LogP contribution in [-0.2, 0) is 15.0 Å². The Balaban J connectivity index is 1.38. The Hall–Kier alpha value is -3.00. The Morgan fingerprint density at radius 3 is 1.27 bits per heavy atom. The molecule has 0 N–H and O–H groups in total. The fourth-order valence-electron chi connectivity index (χ4n) is 9.91. The third-order valence-electron chi connectivity index (χ3n) is 12.2. The molecule has 0 bridgehead atoms. The number of hydrogen-bond donors (Lipinski definition) is 0. The summed E-state index contributed by atoms with van der Waals surface area (Å²) in [6.07, 6.45) is 9.19. The van der Waals surface area contributed by atoms with Gasteiger partial charge < -0.3 is 0 Å². The summed E-state index contributed by atoms with van der Waals surface area (Å²) in [4.78, 5) is 0. The normalized spacial score (nSPS) is 16.9. The van der Waals surface area contributed by atoms with E-state index in [1.165, 1.54) is 88.3 Å². The molecule has 2 aliphatic carbocycles. The van der Waals surface area contributed by atoms with E-state index < -0.39 is 20.4 Å². The molecule has 2 unspecified atom stereocenters. The predicted molar refractivity (Wildman–Crippen MR) is 229 cm³/mol. The van der Waals surface area contributed by atoms with Gasteiger partial charge in [0, 0.05) is 0 Å². The monoisotopic (exact) mass is 812 g/mol. The van der Waals surface area contributed by atoms with Gasteiger partial charge >= 0.3 is 321 Å². The number of halogens is 2. The molecule has 0 nitrogen and oxygen atoms in total. The van der Waals surface area contributed by atoms with Crippen LogP contribution in [0.1, 0.15) is 80.2 Å². The summed E-state index contributed by atoms with van der Waals surface area (Å²) in [6, 6.07) is 40.7. The van der Waals surface area contributed by atoms with E-state index >= 15 is 0 Å². The molecule has 6 aromatic rings. The van der Waals surface area contributed by atoms with E-state index in [0.717, 1.165) is 25.7 Å². The molecule has 52 heavy (non-hydrogen) atoms. The van der Waals surface area contributed by atoms with Crippen molar-refractivity contribution in [2.24, 2.45) is 0 Å². The number of benzene rings is 6. The third kappa shape index (κ3) is 5.46. The zero-order valence-electron chi connectivity index (χ0n) is 31.3. The van der Waals surface area contributed by atoms with Gasteiger partial charge in [-0.1, -0.05) is 0 Å². The minimum atomic E-state index is -4.97. The van der Waals surface area contributed by atoms with Crippen LogP contribution in [-0.4, -0.2) is 5.43 Å². The van der Waals surface area contributed by atoms with Gasteiger partial charge in [0.05, 0.1) is 0 Å². The first-order valence-corrected chi connectivity index (χ1v) is 34.5. The van der Waals surface area contributed by atoms with E-state index in [9.17, 15) is 0 Å². The molecule has 2 aliphatic rings. The van der Waals surface area contributed by atoms with E-state index in [1.807, 2.05) is 0 Å². The van der Waals surface area contributed by atoms with Crippen molar-refractivity contribution in [3.8, 4) is 22.3 Å². The Bertz CT molecular complexity index is 2380. The molecule has 0 spiro atoms. The number of rotatable bonds is 8. The summed E-state index contributed by atoms with van der Waals surface area (Å²) in [5.41, 5.74) is 14.9. The molecule has 6 aromatic carbocycles. The number of aryl methyl sites for hydroxylation is 2. The summed E-state index contributed by atoms with van der Waals surface area (Å²) in [6.45, 7) is 14.0. The molecule has 0 radical (unpaired) electrons. The van der Waals surface area contributed by atoms with Crippen molar-refractivity contribution in [2.75, 3.05) is 0 Å². The fraction of sp³-hybridized carbons (Fsp3) is 0.250. The first kappa shape index (κ1) is 36.0. The summed E-state index contributed by atoms with van der Waals surface area (Å²) in [5, 5.41) is 5.23. The van der Waals surface area contributed by atoms with Crippen LogP contribution in [0.25, 0.3) is 56.0 Å². The zero-order chi connectivity index (χ0) is 36.4. The van der Waals surface area contributed by atoms with E-state index in [4.69, 9.17) is 17.0 Å². The van der Waals surface area contributed by atoms with Crippen LogP contribution < -0.4 is 0 Å². The van der Waals surface area contributed by atoms with Crippen molar-refractivity contribution in [3.05, 3.63) is 154 Å². The zero-order valence-corrected chi connectivity index (χ0v) is 36.3. The first-order valence-electron chi connectivity index (χ1n) is 19.1. The molecule has 2 atom stereocenters. The average molecular weight is 815 g/mol. The average Bonchev–Trinajstić information content (AvgIpc) is 3.71. The molecule has 0 amide bonds. The van der Waals surface area contributed by atoms with Gasteiger partial charge in [-0.15, -0.1) is 0 Å². The maximum atomic E-state index is 8.83. The number of hydrogen-bond acceptors (Lipinski definition) is 0. The SMILES string of the molecule is CCCC1=Cc2c(-c3cccc4cccc(C)c34)cccc2[CH]1[Zr]([Cl])([Cl])([CH]1C(CCC)=Cc2c(-c3cccc4cccc(C)c34)cccc21)=[Si](C)C. The van der Waals surface area contributed by atoms with E-state index in [0.29, 0.717) is 0 Å². The first-order chi connectivity index (χ1) is 25.1. The second-order valence-corrected chi connectivity index (χ2v) is 54.3. The van der Waals surface area contributed by atoms with Gasteiger partial charge in [0.25, 0.3) is 0 Å². The molecule has 8 rings (SSSR count). The molecule has 0 aromatic heterocycles. The topological polar surface area (TPSA) is 0 Å². The van der Waals surface area contributed by atoms with E-state index in [1.54, 1.807) is 0 Å². The quantitative estimate of drug-likeness (QED) is 0.134. The van der Waals surface area contributed by atoms with Gasteiger partial charge in [0.2, 0.25) is 0 Å². The molecular formula is C48H48Cl2SiZr.